The molecule has 0 fully saturated rings. The molecule has 0 aliphatic rings. The van der Waals surface area contributed by atoms with Crippen LogP contribution in [0, 0.1) is 5.82 Å². The Bertz CT molecular complexity index is 528. The molecule has 8 heteroatoms. The second-order valence-electron chi connectivity index (χ2n) is 4.27. The molecule has 0 radical (unpaired) electrons. The molecule has 0 saturated heterocycles. The van der Waals surface area contributed by atoms with E-state index in [0.717, 1.165) is 18.9 Å². The van der Waals surface area contributed by atoms with Crippen molar-refractivity contribution >= 4 is 38.4 Å². The van der Waals surface area contributed by atoms with Gasteiger partial charge in [-0.05, 0) is 24.6 Å². The van der Waals surface area contributed by atoms with Crippen LogP contribution in [0.25, 0.3) is 0 Å². The molecule has 1 aromatic rings. The molecule has 0 saturated carbocycles. The van der Waals surface area contributed by atoms with Gasteiger partial charge in [-0.1, -0.05) is 35.7 Å². The van der Waals surface area contributed by atoms with Gasteiger partial charge in [-0.2, -0.15) is 0 Å². The van der Waals surface area contributed by atoms with Crippen molar-refractivity contribution in [1.29, 1.82) is 0 Å². The number of sulfonamides is 1. The first-order valence-electron chi connectivity index (χ1n) is 6.08. The second kappa shape index (κ2) is 8.94. The summed E-state index contributed by atoms with van der Waals surface area (Å²) >= 11 is 3.13. The fraction of sp³-hybridized carbons (Fsp3) is 0.500. The van der Waals surface area contributed by atoms with Crippen molar-refractivity contribution in [3.63, 3.8) is 0 Å². The summed E-state index contributed by atoms with van der Waals surface area (Å²) < 4.78 is 40.8. The summed E-state index contributed by atoms with van der Waals surface area (Å²) in [5.41, 5.74) is 5.54. The molecule has 4 nitrogen and oxygen atoms in total. The topological polar surface area (TPSA) is 72.2 Å². The van der Waals surface area contributed by atoms with Gasteiger partial charge in [0.15, 0.2) is 0 Å². The highest BCUT2D eigenvalue weighted by Crippen LogP contribution is 2.20. The summed E-state index contributed by atoms with van der Waals surface area (Å²) in [6.45, 7) is 2.20. The van der Waals surface area contributed by atoms with Gasteiger partial charge in [0.1, 0.15) is 10.7 Å². The zero-order valence-electron chi connectivity index (χ0n) is 11.1. The predicted molar refractivity (Wildman–Crippen MR) is 84.0 cm³/mol. The Balaban J connectivity index is 0.00000361. The quantitative estimate of drug-likeness (QED) is 0.753. The Hall–Kier alpha value is -0.210. The Morgan fingerprint density at radius 2 is 2.10 bits per heavy atom. The van der Waals surface area contributed by atoms with Gasteiger partial charge in [0.05, 0.1) is 0 Å². The van der Waals surface area contributed by atoms with Crippen molar-refractivity contribution in [2.75, 3.05) is 6.54 Å². The zero-order chi connectivity index (χ0) is 14.5. The summed E-state index contributed by atoms with van der Waals surface area (Å²) in [6.07, 6.45) is 2.46. The molecular weight excluding hydrogens is 371 g/mol. The fourth-order valence-electron chi connectivity index (χ4n) is 1.64. The normalized spacial score (nSPS) is 12.8. The van der Waals surface area contributed by atoms with E-state index in [9.17, 15) is 12.8 Å². The molecule has 1 atom stereocenters. The van der Waals surface area contributed by atoms with Crippen molar-refractivity contribution in [2.24, 2.45) is 5.73 Å². The van der Waals surface area contributed by atoms with Gasteiger partial charge in [-0.25, -0.2) is 17.5 Å². The molecule has 0 amide bonds. The van der Waals surface area contributed by atoms with E-state index in [1.165, 1.54) is 12.1 Å². The molecule has 0 aromatic heterocycles. The van der Waals surface area contributed by atoms with Crippen LogP contribution in [0.15, 0.2) is 27.6 Å². The molecule has 0 aliphatic heterocycles. The van der Waals surface area contributed by atoms with Gasteiger partial charge in [0, 0.05) is 17.1 Å². The molecule has 1 unspecified atom stereocenters. The average molecular weight is 390 g/mol. The Labute approximate surface area is 133 Å². The highest BCUT2D eigenvalue weighted by atomic mass is 79.9. The number of benzene rings is 1. The first-order valence-corrected chi connectivity index (χ1v) is 8.35. The van der Waals surface area contributed by atoms with E-state index in [1.54, 1.807) is 0 Å². The second-order valence-corrected chi connectivity index (χ2v) is 6.87. The standard InChI is InChI=1S/C12H18BrFN2O2S.ClH/c1-2-3-4-10(8-15)16-19(17,18)12-7-9(13)5-6-11(12)14;/h5-7,10,16H,2-4,8,15H2,1H3;1H. The molecule has 1 rings (SSSR count). The Morgan fingerprint density at radius 1 is 1.45 bits per heavy atom. The molecule has 0 bridgehead atoms. The monoisotopic (exact) mass is 388 g/mol. The number of hydrogen-bond acceptors (Lipinski definition) is 3. The number of hydrogen-bond donors (Lipinski definition) is 2. The first-order chi connectivity index (χ1) is 8.90. The molecule has 0 spiro atoms. The summed E-state index contributed by atoms with van der Waals surface area (Å²) in [6, 6.07) is 3.43. The van der Waals surface area contributed by atoms with Crippen LogP contribution >= 0.6 is 28.3 Å². The lowest BCUT2D eigenvalue weighted by atomic mass is 10.1. The number of nitrogens with one attached hydrogen (secondary N) is 1. The van der Waals surface area contributed by atoms with Gasteiger partial charge in [0.2, 0.25) is 10.0 Å². The van der Waals surface area contributed by atoms with E-state index in [4.69, 9.17) is 5.73 Å². The first kappa shape index (κ1) is 19.8. The van der Waals surface area contributed by atoms with E-state index < -0.39 is 15.8 Å². The SMILES string of the molecule is CCCCC(CN)NS(=O)(=O)c1cc(Br)ccc1F.Cl. The van der Waals surface area contributed by atoms with Crippen LogP contribution in [0.4, 0.5) is 4.39 Å². The van der Waals surface area contributed by atoms with Gasteiger partial charge >= 0.3 is 0 Å². The van der Waals surface area contributed by atoms with Crippen LogP contribution in [0.5, 0.6) is 0 Å². The van der Waals surface area contributed by atoms with Gasteiger partial charge in [-0.3, -0.25) is 0 Å². The summed E-state index contributed by atoms with van der Waals surface area (Å²) in [5, 5.41) is 0. The third-order valence-corrected chi connectivity index (χ3v) is 4.72. The van der Waals surface area contributed by atoms with E-state index in [1.807, 2.05) is 6.92 Å². The Kier molecular flexibility index (Phi) is 8.85. The minimum Gasteiger partial charge on any atom is -0.329 e. The van der Waals surface area contributed by atoms with Crippen molar-refractivity contribution < 1.29 is 12.8 Å². The van der Waals surface area contributed by atoms with Crippen molar-refractivity contribution in [2.45, 2.75) is 37.1 Å². The summed E-state index contributed by atoms with van der Waals surface area (Å²) in [5.74, 6) is -0.776. The zero-order valence-corrected chi connectivity index (χ0v) is 14.3. The lowest BCUT2D eigenvalue weighted by molar-refractivity contribution is 0.509. The number of rotatable bonds is 7. The molecule has 116 valence electrons. The molecule has 1 aromatic carbocycles. The largest absolute Gasteiger partial charge is 0.329 e. The molecule has 3 N–H and O–H groups in total. The van der Waals surface area contributed by atoms with Crippen LogP contribution < -0.4 is 10.5 Å². The van der Waals surface area contributed by atoms with E-state index in [2.05, 4.69) is 20.7 Å². The number of nitrogens with two attached hydrogens (primary N) is 1. The minimum absolute atomic E-state index is 0. The smallest absolute Gasteiger partial charge is 0.243 e. The van der Waals surface area contributed by atoms with Crippen LogP contribution in [0.2, 0.25) is 0 Å². The highest BCUT2D eigenvalue weighted by molar-refractivity contribution is 9.10. The van der Waals surface area contributed by atoms with E-state index in [-0.39, 0.29) is 29.9 Å². The van der Waals surface area contributed by atoms with Crippen LogP contribution in [0.3, 0.4) is 0 Å². The van der Waals surface area contributed by atoms with Crippen molar-refractivity contribution in [1.82, 2.24) is 4.72 Å². The van der Waals surface area contributed by atoms with Crippen LogP contribution in [0.1, 0.15) is 26.2 Å². The molecule has 0 aliphatic carbocycles. The number of halogens is 3. The molecule has 0 heterocycles. The van der Waals surface area contributed by atoms with E-state index in [0.29, 0.717) is 10.9 Å². The maximum absolute atomic E-state index is 13.6. The lowest BCUT2D eigenvalue weighted by Crippen LogP contribution is -2.40. The molecule has 20 heavy (non-hydrogen) atoms. The predicted octanol–water partition coefficient (Wildman–Crippen LogP) is 2.81. The van der Waals surface area contributed by atoms with Crippen molar-refractivity contribution in [3.8, 4) is 0 Å². The summed E-state index contributed by atoms with van der Waals surface area (Å²) in [4.78, 5) is -0.364. The fourth-order valence-corrected chi connectivity index (χ4v) is 3.54. The minimum atomic E-state index is -3.89. The Morgan fingerprint density at radius 3 is 2.65 bits per heavy atom. The maximum Gasteiger partial charge on any atom is 0.243 e. The summed E-state index contributed by atoms with van der Waals surface area (Å²) in [7, 11) is -3.89. The third kappa shape index (κ3) is 5.65. The van der Waals surface area contributed by atoms with Crippen LogP contribution in [-0.2, 0) is 10.0 Å². The van der Waals surface area contributed by atoms with Crippen LogP contribution in [-0.4, -0.2) is 21.0 Å². The molecular formula is C12H19BrClFN2O2S. The highest BCUT2D eigenvalue weighted by Gasteiger charge is 2.22. The third-order valence-electron chi connectivity index (χ3n) is 2.70. The number of unbranched alkanes of at least 4 members (excludes halogenated alkanes) is 1. The van der Waals surface area contributed by atoms with Crippen molar-refractivity contribution in [3.05, 3.63) is 28.5 Å². The average Bonchev–Trinajstić information content (AvgIpc) is 2.37. The lowest BCUT2D eigenvalue weighted by Gasteiger charge is -2.17. The van der Waals surface area contributed by atoms with Gasteiger partial charge in [-0.15, -0.1) is 12.4 Å². The van der Waals surface area contributed by atoms with E-state index >= 15 is 0 Å². The van der Waals surface area contributed by atoms with Gasteiger partial charge in [0.25, 0.3) is 0 Å². The van der Waals surface area contributed by atoms with Gasteiger partial charge < -0.3 is 5.73 Å². The maximum atomic E-state index is 13.6.